The lowest BCUT2D eigenvalue weighted by Crippen LogP contribution is -2.43. The van der Waals surface area contributed by atoms with Crippen LogP contribution in [0.15, 0.2) is 36.5 Å². The second-order valence-electron chi connectivity index (χ2n) is 7.20. The van der Waals surface area contributed by atoms with Gasteiger partial charge in [0.2, 0.25) is 0 Å². The first-order valence-corrected chi connectivity index (χ1v) is 8.33. The Morgan fingerprint density at radius 1 is 1.22 bits per heavy atom. The van der Waals surface area contributed by atoms with Gasteiger partial charge in [-0.2, -0.15) is 0 Å². The Morgan fingerprint density at radius 3 is 2.74 bits per heavy atom. The van der Waals surface area contributed by atoms with E-state index in [-0.39, 0.29) is 0 Å². The number of quaternary nitrogens is 1. The number of ether oxygens (including phenoxy) is 2. The minimum Gasteiger partial charge on any atom is -0.443 e. The molecular weight excluding hydrogens is 312 g/mol. The highest BCUT2D eigenvalue weighted by Gasteiger charge is 2.68. The van der Waals surface area contributed by atoms with E-state index >= 15 is 0 Å². The first-order chi connectivity index (χ1) is 11.0. The summed E-state index contributed by atoms with van der Waals surface area (Å²) in [6, 6.07) is 10.6. The van der Waals surface area contributed by atoms with Gasteiger partial charge in [0.1, 0.15) is 12.2 Å². The van der Waals surface area contributed by atoms with E-state index in [1.54, 1.807) is 6.20 Å². The Bertz CT molecular complexity index is 809. The summed E-state index contributed by atoms with van der Waals surface area (Å²) in [5.41, 5.74) is 2.00. The van der Waals surface area contributed by atoms with Crippen LogP contribution in [0.1, 0.15) is 24.1 Å². The minimum atomic E-state index is -0.894. The van der Waals surface area contributed by atoms with E-state index in [0.29, 0.717) is 10.9 Å². The van der Waals surface area contributed by atoms with Crippen molar-refractivity contribution in [1.82, 2.24) is 4.98 Å². The van der Waals surface area contributed by atoms with Crippen LogP contribution in [0, 0.1) is 0 Å². The van der Waals surface area contributed by atoms with E-state index in [2.05, 4.69) is 24.2 Å². The molecule has 0 N–H and O–H groups in total. The SMILES string of the molecule is CC1(c2ccc(Cl)cn2)Oc2cccc(C3C[N+]4(C)CC34)c2O1. The van der Waals surface area contributed by atoms with Crippen LogP contribution in [-0.4, -0.2) is 35.6 Å². The Labute approximate surface area is 140 Å². The molecule has 3 aliphatic rings. The van der Waals surface area contributed by atoms with Crippen molar-refractivity contribution in [2.24, 2.45) is 0 Å². The molecule has 2 fully saturated rings. The van der Waals surface area contributed by atoms with Gasteiger partial charge in [-0.25, -0.2) is 0 Å². The molecule has 118 valence electrons. The second-order valence-corrected chi connectivity index (χ2v) is 7.64. The topological polar surface area (TPSA) is 31.4 Å². The number of hydrogen-bond donors (Lipinski definition) is 0. The summed E-state index contributed by atoms with van der Waals surface area (Å²) in [6.45, 7) is 4.39. The quantitative estimate of drug-likeness (QED) is 0.626. The normalized spacial score (nSPS) is 36.3. The van der Waals surface area contributed by atoms with Gasteiger partial charge >= 0.3 is 0 Å². The van der Waals surface area contributed by atoms with Crippen LogP contribution < -0.4 is 9.47 Å². The maximum atomic E-state index is 6.27. The maximum absolute atomic E-state index is 6.27. The number of likely N-dealkylation sites (N-methyl/N-ethyl adjacent to an activating group) is 1. The van der Waals surface area contributed by atoms with E-state index < -0.39 is 5.79 Å². The predicted molar refractivity (Wildman–Crippen MR) is 86.7 cm³/mol. The second kappa shape index (κ2) is 4.19. The number of hydrogen-bond acceptors (Lipinski definition) is 3. The zero-order valence-electron chi connectivity index (χ0n) is 13.1. The number of pyridine rings is 1. The van der Waals surface area contributed by atoms with Gasteiger partial charge in [-0.05, 0) is 18.2 Å². The average molecular weight is 330 g/mol. The minimum absolute atomic E-state index is 0.582. The zero-order chi connectivity index (χ0) is 15.8. The van der Waals surface area contributed by atoms with Crippen molar-refractivity contribution in [3.63, 3.8) is 0 Å². The van der Waals surface area contributed by atoms with Crippen LogP contribution in [0.25, 0.3) is 0 Å². The van der Waals surface area contributed by atoms with Crippen molar-refractivity contribution >= 4 is 11.6 Å². The molecule has 4 heterocycles. The summed E-state index contributed by atoms with van der Waals surface area (Å²) in [5.74, 6) is 1.38. The van der Waals surface area contributed by atoms with Gasteiger partial charge < -0.3 is 14.0 Å². The average Bonchev–Trinajstić information content (AvgIpc) is 2.90. The van der Waals surface area contributed by atoms with Gasteiger partial charge in [-0.3, -0.25) is 4.98 Å². The molecule has 3 aliphatic heterocycles. The molecule has 2 saturated heterocycles. The van der Waals surface area contributed by atoms with Crippen molar-refractivity contribution in [3.8, 4) is 11.5 Å². The Hall–Kier alpha value is -1.78. The highest BCUT2D eigenvalue weighted by atomic mass is 35.5. The van der Waals surface area contributed by atoms with Crippen LogP contribution in [0.3, 0.4) is 0 Å². The molecule has 2 aromatic rings. The Kier molecular flexibility index (Phi) is 2.49. The highest BCUT2D eigenvalue weighted by Crippen LogP contribution is 2.56. The number of rotatable bonds is 2. The third kappa shape index (κ3) is 1.85. The fourth-order valence-corrected chi connectivity index (χ4v) is 4.19. The molecular formula is C18H18ClN2O2+. The highest BCUT2D eigenvalue weighted by molar-refractivity contribution is 6.30. The summed E-state index contributed by atoms with van der Waals surface area (Å²) < 4.78 is 13.6. The van der Waals surface area contributed by atoms with Gasteiger partial charge in [0.15, 0.2) is 17.5 Å². The van der Waals surface area contributed by atoms with Crippen molar-refractivity contribution in [3.05, 3.63) is 52.8 Å². The zero-order valence-corrected chi connectivity index (χ0v) is 13.9. The lowest BCUT2D eigenvalue weighted by atomic mass is 9.89. The standard InChI is InChI=1S/C18H18ClN2O2/c1-18(16-7-6-11(19)8-20-16)22-15-5-3-4-12(17(15)23-18)13-9-21(2)10-14(13)21/h3-8,13-14H,9-10H2,1-2H3/q+1. The molecule has 0 aliphatic carbocycles. The molecule has 5 rings (SSSR count). The predicted octanol–water partition coefficient (Wildman–Crippen LogP) is 3.31. The van der Waals surface area contributed by atoms with Crippen LogP contribution in [-0.2, 0) is 5.79 Å². The monoisotopic (exact) mass is 329 g/mol. The number of benzene rings is 1. The number of para-hydroxylation sites is 1. The molecule has 23 heavy (non-hydrogen) atoms. The van der Waals surface area contributed by atoms with E-state index in [1.165, 1.54) is 23.1 Å². The molecule has 1 aromatic carbocycles. The van der Waals surface area contributed by atoms with E-state index in [4.69, 9.17) is 21.1 Å². The molecule has 1 aromatic heterocycles. The van der Waals surface area contributed by atoms with Crippen molar-refractivity contribution in [2.45, 2.75) is 24.7 Å². The number of halogens is 1. The largest absolute Gasteiger partial charge is 0.443 e. The van der Waals surface area contributed by atoms with E-state index in [1.807, 2.05) is 25.1 Å². The van der Waals surface area contributed by atoms with Gasteiger partial charge in [-0.1, -0.05) is 23.7 Å². The Balaban J connectivity index is 1.50. The molecule has 4 atom stereocenters. The van der Waals surface area contributed by atoms with Crippen LogP contribution in [0.4, 0.5) is 0 Å². The van der Waals surface area contributed by atoms with Crippen LogP contribution in [0.2, 0.25) is 5.02 Å². The third-order valence-electron chi connectivity index (χ3n) is 5.55. The summed E-state index contributed by atoms with van der Waals surface area (Å²) in [4.78, 5) is 4.37. The maximum Gasteiger partial charge on any atom is 0.292 e. The lowest BCUT2D eigenvalue weighted by Gasteiger charge is -2.32. The molecule has 5 heteroatoms. The smallest absolute Gasteiger partial charge is 0.292 e. The van der Waals surface area contributed by atoms with Gasteiger partial charge in [0, 0.05) is 18.7 Å². The van der Waals surface area contributed by atoms with Gasteiger partial charge in [0.05, 0.1) is 24.5 Å². The van der Waals surface area contributed by atoms with E-state index in [0.717, 1.165) is 23.2 Å². The van der Waals surface area contributed by atoms with Crippen LogP contribution in [0.5, 0.6) is 11.5 Å². The molecule has 0 amide bonds. The lowest BCUT2D eigenvalue weighted by molar-refractivity contribution is -0.831. The summed E-state index contributed by atoms with van der Waals surface area (Å²) in [5, 5.41) is 0.605. The molecule has 0 saturated carbocycles. The molecule has 4 unspecified atom stereocenters. The van der Waals surface area contributed by atoms with Gasteiger partial charge in [-0.15, -0.1) is 0 Å². The van der Waals surface area contributed by atoms with Crippen molar-refractivity contribution in [1.29, 1.82) is 0 Å². The van der Waals surface area contributed by atoms with Crippen molar-refractivity contribution in [2.75, 3.05) is 20.1 Å². The van der Waals surface area contributed by atoms with Crippen molar-refractivity contribution < 1.29 is 14.0 Å². The van der Waals surface area contributed by atoms with Gasteiger partial charge in [0.25, 0.3) is 5.79 Å². The first-order valence-electron chi connectivity index (χ1n) is 7.96. The summed E-state index contributed by atoms with van der Waals surface area (Å²) >= 11 is 5.93. The van der Waals surface area contributed by atoms with Crippen LogP contribution >= 0.6 is 11.6 Å². The first kappa shape index (κ1) is 13.6. The molecule has 4 nitrogen and oxygen atoms in total. The summed E-state index contributed by atoms with van der Waals surface area (Å²) in [6.07, 6.45) is 1.62. The fraction of sp³-hybridized carbons (Fsp3) is 0.389. The number of fused-ring (bicyclic) bond motifs is 2. The molecule has 0 bridgehead atoms. The van der Waals surface area contributed by atoms with E-state index in [9.17, 15) is 0 Å². The number of aromatic nitrogens is 1. The fourth-order valence-electron chi connectivity index (χ4n) is 4.08. The third-order valence-corrected chi connectivity index (χ3v) is 5.78. The number of nitrogens with zero attached hydrogens (tertiary/aromatic N) is 2. The molecule has 0 radical (unpaired) electrons. The summed E-state index contributed by atoms with van der Waals surface area (Å²) in [7, 11) is 2.32. The Morgan fingerprint density at radius 2 is 2.09 bits per heavy atom. The molecule has 0 spiro atoms.